The monoisotopic (exact) mass is 255 g/mol. The predicted octanol–water partition coefficient (Wildman–Crippen LogP) is 3.28. The van der Waals surface area contributed by atoms with E-state index in [2.05, 4.69) is 13.8 Å². The quantitative estimate of drug-likeness (QED) is 0.848. The molecule has 4 heteroatoms. The van der Waals surface area contributed by atoms with Gasteiger partial charge >= 0.3 is 0 Å². The molecule has 1 atom stereocenters. The van der Waals surface area contributed by atoms with Crippen LogP contribution in [0.15, 0.2) is 12.1 Å². The molecule has 0 bridgehead atoms. The Balaban J connectivity index is 2.94. The van der Waals surface area contributed by atoms with Crippen LogP contribution in [0.5, 0.6) is 11.5 Å². The third kappa shape index (κ3) is 3.60. The molecule has 18 heavy (non-hydrogen) atoms. The molecule has 0 heterocycles. The van der Waals surface area contributed by atoms with Crippen molar-refractivity contribution in [3.05, 3.63) is 23.5 Å². The zero-order chi connectivity index (χ0) is 13.7. The normalized spacial score (nSPS) is 12.6. The predicted molar refractivity (Wildman–Crippen MR) is 70.5 cm³/mol. The van der Waals surface area contributed by atoms with Gasteiger partial charge in [0, 0.05) is 17.7 Å². The second-order valence-corrected chi connectivity index (χ2v) is 4.81. The summed E-state index contributed by atoms with van der Waals surface area (Å²) < 4.78 is 24.1. The Labute approximate surface area is 108 Å². The van der Waals surface area contributed by atoms with E-state index >= 15 is 0 Å². The van der Waals surface area contributed by atoms with E-state index in [-0.39, 0.29) is 11.9 Å². The van der Waals surface area contributed by atoms with Crippen LogP contribution in [0, 0.1) is 11.7 Å². The van der Waals surface area contributed by atoms with Gasteiger partial charge in [0.15, 0.2) is 11.5 Å². The molecule has 1 aromatic carbocycles. The third-order valence-corrected chi connectivity index (χ3v) is 2.96. The Morgan fingerprint density at radius 2 is 1.67 bits per heavy atom. The summed E-state index contributed by atoms with van der Waals surface area (Å²) in [7, 11) is 3.01. The van der Waals surface area contributed by atoms with Crippen LogP contribution >= 0.6 is 0 Å². The summed E-state index contributed by atoms with van der Waals surface area (Å²) in [4.78, 5) is 0. The molecule has 1 rings (SSSR count). The van der Waals surface area contributed by atoms with Gasteiger partial charge in [-0.1, -0.05) is 13.8 Å². The minimum atomic E-state index is -0.344. The van der Waals surface area contributed by atoms with Crippen LogP contribution in [0.2, 0.25) is 0 Å². The summed E-state index contributed by atoms with van der Waals surface area (Å²) >= 11 is 0. The first-order valence-corrected chi connectivity index (χ1v) is 6.16. The van der Waals surface area contributed by atoms with E-state index < -0.39 is 0 Å². The lowest BCUT2D eigenvalue weighted by atomic mass is 9.97. The molecule has 0 amide bonds. The van der Waals surface area contributed by atoms with Crippen LogP contribution in [-0.4, -0.2) is 14.2 Å². The van der Waals surface area contributed by atoms with Crippen LogP contribution in [0.25, 0.3) is 0 Å². The molecule has 0 aliphatic heterocycles. The average Bonchev–Trinajstić information content (AvgIpc) is 2.35. The summed E-state index contributed by atoms with van der Waals surface area (Å²) in [5.41, 5.74) is 6.50. The number of hydrogen-bond acceptors (Lipinski definition) is 3. The maximum atomic E-state index is 13.9. The maximum Gasteiger partial charge on any atom is 0.163 e. The number of benzene rings is 1. The standard InChI is InChI=1S/C14H22FNO2/c1-9(2)5-6-12(16)10-7-13(17-3)14(18-4)8-11(10)15/h7-9,12H,5-6,16H2,1-4H3/t12-/m1/s1. The fourth-order valence-electron chi connectivity index (χ4n) is 1.82. The lowest BCUT2D eigenvalue weighted by Crippen LogP contribution is -2.13. The number of rotatable bonds is 6. The van der Waals surface area contributed by atoms with Gasteiger partial charge in [-0.25, -0.2) is 4.39 Å². The molecular formula is C14H22FNO2. The van der Waals surface area contributed by atoms with Gasteiger partial charge in [-0.15, -0.1) is 0 Å². The first kappa shape index (κ1) is 14.8. The summed E-state index contributed by atoms with van der Waals surface area (Å²) in [5.74, 6) is 1.10. The summed E-state index contributed by atoms with van der Waals surface area (Å²) in [6.07, 6.45) is 1.72. The highest BCUT2D eigenvalue weighted by molar-refractivity contribution is 5.44. The molecule has 0 saturated heterocycles. The summed E-state index contributed by atoms with van der Waals surface area (Å²) in [5, 5.41) is 0. The molecule has 0 aromatic heterocycles. The summed E-state index contributed by atoms with van der Waals surface area (Å²) in [6.45, 7) is 4.25. The lowest BCUT2D eigenvalue weighted by molar-refractivity contribution is 0.350. The highest BCUT2D eigenvalue weighted by Crippen LogP contribution is 2.33. The van der Waals surface area contributed by atoms with Crippen molar-refractivity contribution in [2.75, 3.05) is 14.2 Å². The van der Waals surface area contributed by atoms with E-state index in [9.17, 15) is 4.39 Å². The van der Waals surface area contributed by atoms with Crippen LogP contribution in [0.3, 0.4) is 0 Å². The number of ether oxygens (including phenoxy) is 2. The van der Waals surface area contributed by atoms with Gasteiger partial charge in [0.1, 0.15) is 5.82 Å². The Kier molecular flexibility index (Phi) is 5.41. The van der Waals surface area contributed by atoms with E-state index in [0.29, 0.717) is 23.0 Å². The van der Waals surface area contributed by atoms with Crippen molar-refractivity contribution in [2.24, 2.45) is 11.7 Å². The van der Waals surface area contributed by atoms with Crippen molar-refractivity contribution in [1.82, 2.24) is 0 Å². The lowest BCUT2D eigenvalue weighted by Gasteiger charge is -2.17. The SMILES string of the molecule is COc1cc(F)c([C@H](N)CCC(C)C)cc1OC. The van der Waals surface area contributed by atoms with E-state index in [4.69, 9.17) is 15.2 Å². The molecule has 0 unspecified atom stereocenters. The second-order valence-electron chi connectivity index (χ2n) is 4.81. The Morgan fingerprint density at radius 1 is 1.11 bits per heavy atom. The van der Waals surface area contributed by atoms with Crippen molar-refractivity contribution in [3.63, 3.8) is 0 Å². The van der Waals surface area contributed by atoms with E-state index in [0.717, 1.165) is 12.8 Å². The average molecular weight is 255 g/mol. The van der Waals surface area contributed by atoms with Gasteiger partial charge in [0.2, 0.25) is 0 Å². The molecule has 0 radical (unpaired) electrons. The van der Waals surface area contributed by atoms with Crippen molar-refractivity contribution in [2.45, 2.75) is 32.7 Å². The summed E-state index contributed by atoms with van der Waals surface area (Å²) in [6, 6.07) is 2.63. The molecule has 0 spiro atoms. The number of halogens is 1. The van der Waals surface area contributed by atoms with E-state index in [1.54, 1.807) is 6.07 Å². The minimum Gasteiger partial charge on any atom is -0.493 e. The molecule has 1 aromatic rings. The molecule has 3 nitrogen and oxygen atoms in total. The highest BCUT2D eigenvalue weighted by atomic mass is 19.1. The zero-order valence-electron chi connectivity index (χ0n) is 11.5. The first-order chi connectivity index (χ1) is 8.49. The van der Waals surface area contributed by atoms with Gasteiger partial charge in [-0.3, -0.25) is 0 Å². The van der Waals surface area contributed by atoms with Crippen molar-refractivity contribution >= 4 is 0 Å². The number of methoxy groups -OCH3 is 2. The van der Waals surface area contributed by atoms with Crippen molar-refractivity contribution in [3.8, 4) is 11.5 Å². The van der Waals surface area contributed by atoms with Gasteiger partial charge in [0.05, 0.1) is 14.2 Å². The number of hydrogen-bond donors (Lipinski definition) is 1. The molecule has 0 aliphatic carbocycles. The van der Waals surface area contributed by atoms with Crippen LogP contribution < -0.4 is 15.2 Å². The Bertz CT molecular complexity index is 394. The topological polar surface area (TPSA) is 44.5 Å². The van der Waals surface area contributed by atoms with Crippen LogP contribution in [0.4, 0.5) is 4.39 Å². The third-order valence-electron chi connectivity index (χ3n) is 2.96. The van der Waals surface area contributed by atoms with Crippen LogP contribution in [-0.2, 0) is 0 Å². The highest BCUT2D eigenvalue weighted by Gasteiger charge is 2.16. The molecule has 2 N–H and O–H groups in total. The Morgan fingerprint density at radius 3 is 2.17 bits per heavy atom. The molecule has 102 valence electrons. The molecule has 0 saturated carbocycles. The molecule has 0 fully saturated rings. The fourth-order valence-corrected chi connectivity index (χ4v) is 1.82. The van der Waals surface area contributed by atoms with Gasteiger partial charge in [-0.05, 0) is 24.8 Å². The van der Waals surface area contributed by atoms with E-state index in [1.165, 1.54) is 20.3 Å². The largest absolute Gasteiger partial charge is 0.493 e. The molecular weight excluding hydrogens is 233 g/mol. The van der Waals surface area contributed by atoms with Gasteiger partial charge in [0.25, 0.3) is 0 Å². The zero-order valence-corrected chi connectivity index (χ0v) is 11.5. The number of nitrogens with two attached hydrogens (primary N) is 1. The fraction of sp³-hybridized carbons (Fsp3) is 0.571. The minimum absolute atomic E-state index is 0.313. The van der Waals surface area contributed by atoms with Gasteiger partial charge < -0.3 is 15.2 Å². The maximum absolute atomic E-state index is 13.9. The second kappa shape index (κ2) is 6.59. The van der Waals surface area contributed by atoms with Crippen molar-refractivity contribution in [1.29, 1.82) is 0 Å². The molecule has 0 aliphatic rings. The van der Waals surface area contributed by atoms with E-state index in [1.807, 2.05) is 0 Å². The van der Waals surface area contributed by atoms with Crippen LogP contribution in [0.1, 0.15) is 38.3 Å². The van der Waals surface area contributed by atoms with Gasteiger partial charge in [-0.2, -0.15) is 0 Å². The Hall–Kier alpha value is -1.29. The first-order valence-electron chi connectivity index (χ1n) is 6.16. The smallest absolute Gasteiger partial charge is 0.163 e. The van der Waals surface area contributed by atoms with Crippen molar-refractivity contribution < 1.29 is 13.9 Å².